The lowest BCUT2D eigenvalue weighted by Crippen LogP contribution is -2.31. The van der Waals surface area contributed by atoms with Crippen LogP contribution in [0.4, 0.5) is 4.79 Å². The molecule has 0 bridgehead atoms. The van der Waals surface area contributed by atoms with Gasteiger partial charge in [-0.25, -0.2) is 14.6 Å². The highest BCUT2D eigenvalue weighted by Gasteiger charge is 2.36. The van der Waals surface area contributed by atoms with Crippen molar-refractivity contribution in [2.75, 3.05) is 6.54 Å². The Morgan fingerprint density at radius 2 is 2.00 bits per heavy atom. The molecule has 3 amide bonds. The standard InChI is InChI=1S/C15H18N4O4/c1-7-11-8(16-12(7)13(21)22)4-15(2,3)5-9(11)18-19-6-10(20)17-14(19)23/h16H,4-6H2,1-3H3,(H,21,22)(H,17,20,23). The van der Waals surface area contributed by atoms with Crippen LogP contribution in [0.5, 0.6) is 0 Å². The summed E-state index contributed by atoms with van der Waals surface area (Å²) in [6.45, 7) is 5.71. The second-order valence-electron chi connectivity index (χ2n) is 6.76. The number of carbonyl (C=O) groups excluding carboxylic acids is 2. The first-order valence-corrected chi connectivity index (χ1v) is 7.32. The molecule has 3 rings (SSSR count). The summed E-state index contributed by atoms with van der Waals surface area (Å²) in [6.07, 6.45) is 1.29. The molecule has 1 saturated heterocycles. The Labute approximate surface area is 132 Å². The number of carboxylic acid groups (broad SMARTS) is 1. The molecule has 0 spiro atoms. The fraction of sp³-hybridized carbons (Fsp3) is 0.467. The van der Waals surface area contributed by atoms with Gasteiger partial charge in [0.15, 0.2) is 0 Å². The molecule has 2 aliphatic rings. The van der Waals surface area contributed by atoms with Crippen LogP contribution < -0.4 is 5.32 Å². The molecule has 0 radical (unpaired) electrons. The predicted molar refractivity (Wildman–Crippen MR) is 81.4 cm³/mol. The third kappa shape index (κ3) is 2.60. The number of urea groups is 1. The van der Waals surface area contributed by atoms with Crippen molar-refractivity contribution >= 4 is 23.6 Å². The maximum absolute atomic E-state index is 11.7. The molecule has 1 aliphatic heterocycles. The quantitative estimate of drug-likeness (QED) is 0.712. The molecule has 1 aromatic heterocycles. The van der Waals surface area contributed by atoms with Gasteiger partial charge in [0, 0.05) is 11.3 Å². The Kier molecular flexibility index (Phi) is 3.28. The summed E-state index contributed by atoms with van der Waals surface area (Å²) in [7, 11) is 0. The summed E-state index contributed by atoms with van der Waals surface area (Å²) < 4.78 is 0. The van der Waals surface area contributed by atoms with Crippen molar-refractivity contribution in [3.8, 4) is 0 Å². The minimum absolute atomic E-state index is 0.118. The molecule has 8 nitrogen and oxygen atoms in total. The number of hydrogen-bond acceptors (Lipinski definition) is 4. The van der Waals surface area contributed by atoms with Crippen molar-refractivity contribution in [2.24, 2.45) is 10.5 Å². The third-order valence-corrected chi connectivity index (χ3v) is 4.15. The van der Waals surface area contributed by atoms with Gasteiger partial charge >= 0.3 is 12.0 Å². The van der Waals surface area contributed by atoms with Crippen molar-refractivity contribution in [3.63, 3.8) is 0 Å². The van der Waals surface area contributed by atoms with Gasteiger partial charge in [-0.05, 0) is 30.7 Å². The Balaban J connectivity index is 2.10. The van der Waals surface area contributed by atoms with Crippen molar-refractivity contribution in [1.29, 1.82) is 0 Å². The van der Waals surface area contributed by atoms with E-state index in [1.165, 1.54) is 0 Å². The molecule has 23 heavy (non-hydrogen) atoms. The first kappa shape index (κ1) is 15.3. The number of hydrogen-bond donors (Lipinski definition) is 3. The number of carboxylic acids is 1. The van der Waals surface area contributed by atoms with E-state index >= 15 is 0 Å². The number of rotatable bonds is 2. The summed E-state index contributed by atoms with van der Waals surface area (Å²) in [6, 6.07) is -0.556. The number of H-pyrrole nitrogens is 1. The monoisotopic (exact) mass is 318 g/mol. The molecule has 3 N–H and O–H groups in total. The molecule has 122 valence electrons. The predicted octanol–water partition coefficient (Wildman–Crippen LogP) is 1.25. The van der Waals surface area contributed by atoms with Crippen molar-refractivity contribution < 1.29 is 19.5 Å². The third-order valence-electron chi connectivity index (χ3n) is 4.15. The van der Waals surface area contributed by atoms with Crippen LogP contribution in [0.1, 0.15) is 47.6 Å². The molecule has 2 heterocycles. The van der Waals surface area contributed by atoms with Gasteiger partial charge < -0.3 is 10.1 Å². The highest BCUT2D eigenvalue weighted by atomic mass is 16.4. The first-order chi connectivity index (χ1) is 10.7. The van der Waals surface area contributed by atoms with Crippen LogP contribution in [0.15, 0.2) is 5.10 Å². The Bertz CT molecular complexity index is 760. The normalized spacial score (nSPS) is 21.5. The van der Waals surface area contributed by atoms with Gasteiger partial charge in [0.2, 0.25) is 5.91 Å². The summed E-state index contributed by atoms with van der Waals surface area (Å²) in [5.41, 5.74) is 2.80. The Morgan fingerprint density at radius 3 is 2.57 bits per heavy atom. The van der Waals surface area contributed by atoms with Crippen molar-refractivity contribution in [2.45, 2.75) is 33.6 Å². The van der Waals surface area contributed by atoms with Gasteiger partial charge in [-0.3, -0.25) is 10.1 Å². The van der Waals surface area contributed by atoms with Crippen LogP contribution in [0.2, 0.25) is 0 Å². The van der Waals surface area contributed by atoms with Gasteiger partial charge in [0.1, 0.15) is 12.2 Å². The van der Waals surface area contributed by atoms with Crippen molar-refractivity contribution in [3.05, 3.63) is 22.5 Å². The smallest absolute Gasteiger partial charge is 0.352 e. The van der Waals surface area contributed by atoms with Crippen LogP contribution >= 0.6 is 0 Å². The zero-order valence-corrected chi connectivity index (χ0v) is 13.2. The number of fused-ring (bicyclic) bond motifs is 1. The van der Waals surface area contributed by atoms with Gasteiger partial charge in [0.25, 0.3) is 0 Å². The molecule has 0 unspecified atom stereocenters. The number of aromatic carboxylic acids is 1. The van der Waals surface area contributed by atoms with E-state index in [2.05, 4.69) is 29.2 Å². The fourth-order valence-corrected chi connectivity index (χ4v) is 3.22. The van der Waals surface area contributed by atoms with Crippen LogP contribution in [-0.2, 0) is 11.2 Å². The number of imide groups is 1. The van der Waals surface area contributed by atoms with E-state index in [1.807, 2.05) is 0 Å². The average Bonchev–Trinajstić information content (AvgIpc) is 2.88. The highest BCUT2D eigenvalue weighted by Crippen LogP contribution is 2.37. The summed E-state index contributed by atoms with van der Waals surface area (Å²) in [4.78, 5) is 37.3. The van der Waals surface area contributed by atoms with Gasteiger partial charge in [-0.1, -0.05) is 13.8 Å². The average molecular weight is 318 g/mol. The number of nitrogens with one attached hydrogen (secondary N) is 2. The van der Waals surface area contributed by atoms with E-state index in [-0.39, 0.29) is 17.7 Å². The fourth-order valence-electron chi connectivity index (χ4n) is 3.22. The zero-order chi connectivity index (χ0) is 16.9. The lowest BCUT2D eigenvalue weighted by molar-refractivity contribution is -0.118. The van der Waals surface area contributed by atoms with E-state index in [0.717, 1.165) is 16.3 Å². The Hall–Kier alpha value is -2.64. The molecule has 0 atom stereocenters. The molecular formula is C15H18N4O4. The maximum atomic E-state index is 11.7. The van der Waals surface area contributed by atoms with E-state index in [4.69, 9.17) is 0 Å². The van der Waals surface area contributed by atoms with Crippen LogP contribution in [-0.4, -0.2) is 45.3 Å². The van der Waals surface area contributed by atoms with E-state index in [0.29, 0.717) is 24.1 Å². The largest absolute Gasteiger partial charge is 0.477 e. The number of nitrogens with zero attached hydrogens (tertiary/aromatic N) is 2. The number of aromatic amines is 1. The summed E-state index contributed by atoms with van der Waals surface area (Å²) in [5, 5.41) is 16.9. The van der Waals surface area contributed by atoms with E-state index in [1.54, 1.807) is 6.92 Å². The highest BCUT2D eigenvalue weighted by molar-refractivity contribution is 6.08. The minimum atomic E-state index is -1.02. The van der Waals surface area contributed by atoms with Gasteiger partial charge in [0.05, 0.1) is 5.71 Å². The molecule has 0 aromatic carbocycles. The van der Waals surface area contributed by atoms with Crippen LogP contribution in [0.3, 0.4) is 0 Å². The topological polar surface area (TPSA) is 115 Å². The number of carbonyl (C=O) groups is 3. The SMILES string of the molecule is Cc1c(C(=O)O)[nH]c2c1C(=NN1CC(=O)NC1=O)CC(C)(C)C2. The lowest BCUT2D eigenvalue weighted by Gasteiger charge is -2.31. The molecule has 1 aliphatic carbocycles. The van der Waals surface area contributed by atoms with Crippen LogP contribution in [0.25, 0.3) is 0 Å². The summed E-state index contributed by atoms with van der Waals surface area (Å²) >= 11 is 0. The second kappa shape index (κ2) is 4.94. The molecule has 1 fully saturated rings. The molecule has 0 saturated carbocycles. The molecule has 8 heteroatoms. The first-order valence-electron chi connectivity index (χ1n) is 7.32. The molecular weight excluding hydrogens is 300 g/mol. The minimum Gasteiger partial charge on any atom is -0.477 e. The zero-order valence-electron chi connectivity index (χ0n) is 13.2. The van der Waals surface area contributed by atoms with Crippen LogP contribution in [0, 0.1) is 12.3 Å². The number of aromatic nitrogens is 1. The van der Waals surface area contributed by atoms with Crippen molar-refractivity contribution in [1.82, 2.24) is 15.3 Å². The van der Waals surface area contributed by atoms with E-state index in [9.17, 15) is 19.5 Å². The lowest BCUT2D eigenvalue weighted by atomic mass is 9.75. The number of hydrazone groups is 1. The summed E-state index contributed by atoms with van der Waals surface area (Å²) in [5.74, 6) is -1.42. The van der Waals surface area contributed by atoms with Gasteiger partial charge in [-0.2, -0.15) is 5.10 Å². The molecule has 1 aromatic rings. The van der Waals surface area contributed by atoms with Gasteiger partial charge in [-0.15, -0.1) is 0 Å². The number of amides is 3. The van der Waals surface area contributed by atoms with E-state index < -0.39 is 17.9 Å². The Morgan fingerprint density at radius 1 is 1.30 bits per heavy atom. The maximum Gasteiger partial charge on any atom is 0.352 e. The second-order valence-corrected chi connectivity index (χ2v) is 6.76.